The van der Waals surface area contributed by atoms with E-state index in [-0.39, 0.29) is 5.57 Å². The minimum absolute atomic E-state index is 0.269. The van der Waals surface area contributed by atoms with Gasteiger partial charge in [-0.15, -0.1) is 11.3 Å². The fraction of sp³-hybridized carbons (Fsp3) is 0.125. The van der Waals surface area contributed by atoms with Gasteiger partial charge in [-0.25, -0.2) is 4.79 Å². The van der Waals surface area contributed by atoms with E-state index in [9.17, 15) is 4.79 Å². The van der Waals surface area contributed by atoms with Crippen LogP contribution in [-0.2, 0) is 4.79 Å². The molecule has 3 nitrogen and oxygen atoms in total. The van der Waals surface area contributed by atoms with Crippen LogP contribution in [-0.4, -0.2) is 11.1 Å². The van der Waals surface area contributed by atoms with Gasteiger partial charge in [-0.2, -0.15) is 5.26 Å². The maximum atomic E-state index is 11.1. The van der Waals surface area contributed by atoms with Gasteiger partial charge in [-0.3, -0.25) is 0 Å². The summed E-state index contributed by atoms with van der Waals surface area (Å²) < 4.78 is 0. The molecule has 4 rings (SSSR count). The molecule has 0 radical (unpaired) electrons. The molecular formula is C32H27NO2S. The van der Waals surface area contributed by atoms with Crippen LogP contribution in [0.5, 0.6) is 0 Å². The lowest BCUT2D eigenvalue weighted by Gasteiger charge is -2.16. The SMILES string of the molecule is Cc1ccc(C(=Cc2ccc(-c3ccc(/C=C(/C#N)C(=O)O)s3)cc2)c2ccc(C)cc2C)c(C)c1. The number of rotatable bonds is 6. The number of benzene rings is 3. The van der Waals surface area contributed by atoms with E-state index in [2.05, 4.69) is 94.4 Å². The van der Waals surface area contributed by atoms with Gasteiger partial charge in [-0.1, -0.05) is 71.8 Å². The van der Waals surface area contributed by atoms with Gasteiger partial charge in [0, 0.05) is 9.75 Å². The summed E-state index contributed by atoms with van der Waals surface area (Å²) in [6, 6.07) is 27.1. The van der Waals surface area contributed by atoms with Gasteiger partial charge in [0.15, 0.2) is 0 Å². The summed E-state index contributed by atoms with van der Waals surface area (Å²) in [6.07, 6.45) is 3.65. The van der Waals surface area contributed by atoms with Gasteiger partial charge in [0.1, 0.15) is 11.6 Å². The Kier molecular flexibility index (Phi) is 7.33. The standard InChI is InChI=1S/C32H27NO2S/c1-20-5-12-28(22(3)15-20)30(29-13-6-21(2)16-23(29)4)17-24-7-9-25(10-8-24)31-14-11-27(36-31)18-26(19-33)32(34)35/h5-18H,1-4H3,(H,34,35)/b26-18-. The van der Waals surface area contributed by atoms with E-state index < -0.39 is 5.97 Å². The van der Waals surface area contributed by atoms with Gasteiger partial charge < -0.3 is 5.11 Å². The molecule has 0 unspecified atom stereocenters. The molecule has 0 amide bonds. The number of carbonyl (C=O) groups is 1. The summed E-state index contributed by atoms with van der Waals surface area (Å²) in [5.41, 5.74) is 10.5. The van der Waals surface area contributed by atoms with Crippen molar-refractivity contribution in [2.45, 2.75) is 27.7 Å². The predicted molar refractivity (Wildman–Crippen MR) is 150 cm³/mol. The first-order valence-electron chi connectivity index (χ1n) is 11.7. The topological polar surface area (TPSA) is 61.1 Å². The molecule has 1 aromatic heterocycles. The highest BCUT2D eigenvalue weighted by molar-refractivity contribution is 7.16. The highest BCUT2D eigenvalue weighted by Crippen LogP contribution is 2.33. The largest absolute Gasteiger partial charge is 0.477 e. The monoisotopic (exact) mass is 489 g/mol. The zero-order valence-corrected chi connectivity index (χ0v) is 21.6. The van der Waals surface area contributed by atoms with Crippen molar-refractivity contribution in [3.05, 3.63) is 122 Å². The molecule has 0 aliphatic heterocycles. The molecule has 3 aromatic carbocycles. The van der Waals surface area contributed by atoms with E-state index in [4.69, 9.17) is 10.4 Å². The van der Waals surface area contributed by atoms with E-state index in [1.54, 1.807) is 6.07 Å². The van der Waals surface area contributed by atoms with Gasteiger partial charge in [-0.05, 0) is 90.9 Å². The maximum absolute atomic E-state index is 11.1. The average molecular weight is 490 g/mol. The van der Waals surface area contributed by atoms with E-state index in [1.807, 2.05) is 12.1 Å². The van der Waals surface area contributed by atoms with Gasteiger partial charge in [0.2, 0.25) is 0 Å². The Hall–Kier alpha value is -4.20. The van der Waals surface area contributed by atoms with Crippen molar-refractivity contribution >= 4 is 35.0 Å². The molecule has 0 saturated heterocycles. The van der Waals surface area contributed by atoms with Crippen LogP contribution < -0.4 is 0 Å². The van der Waals surface area contributed by atoms with Crippen molar-refractivity contribution in [1.29, 1.82) is 5.26 Å². The summed E-state index contributed by atoms with van der Waals surface area (Å²) in [6.45, 7) is 8.55. The smallest absolute Gasteiger partial charge is 0.346 e. The molecule has 4 heteroatoms. The average Bonchev–Trinajstić information content (AvgIpc) is 3.30. The highest BCUT2D eigenvalue weighted by Gasteiger charge is 2.12. The van der Waals surface area contributed by atoms with Crippen LogP contribution in [0.25, 0.3) is 28.2 Å². The minimum atomic E-state index is -1.22. The summed E-state index contributed by atoms with van der Waals surface area (Å²) in [5.74, 6) is -1.22. The third-order valence-electron chi connectivity index (χ3n) is 6.11. The molecule has 0 bridgehead atoms. The number of aryl methyl sites for hydroxylation is 4. The van der Waals surface area contributed by atoms with Crippen molar-refractivity contribution < 1.29 is 9.90 Å². The first kappa shape index (κ1) is 24.9. The fourth-order valence-electron chi connectivity index (χ4n) is 4.31. The first-order chi connectivity index (χ1) is 17.2. The van der Waals surface area contributed by atoms with E-state index >= 15 is 0 Å². The lowest BCUT2D eigenvalue weighted by atomic mass is 9.89. The number of carboxylic acids is 1. The fourth-order valence-corrected chi connectivity index (χ4v) is 5.27. The van der Waals surface area contributed by atoms with Gasteiger partial charge in [0.05, 0.1) is 0 Å². The van der Waals surface area contributed by atoms with Crippen molar-refractivity contribution in [1.82, 2.24) is 0 Å². The van der Waals surface area contributed by atoms with Gasteiger partial charge >= 0.3 is 5.97 Å². The zero-order chi connectivity index (χ0) is 25.8. The Morgan fingerprint density at radius 3 is 1.89 bits per heavy atom. The first-order valence-corrected chi connectivity index (χ1v) is 12.5. The molecule has 0 spiro atoms. The van der Waals surface area contributed by atoms with Crippen molar-refractivity contribution in [3.63, 3.8) is 0 Å². The summed E-state index contributed by atoms with van der Waals surface area (Å²) in [5, 5.41) is 18.1. The molecule has 1 N–H and O–H groups in total. The lowest BCUT2D eigenvalue weighted by Crippen LogP contribution is -1.96. The second-order valence-corrected chi connectivity index (χ2v) is 10.1. The third-order valence-corrected chi connectivity index (χ3v) is 7.20. The molecule has 178 valence electrons. The van der Waals surface area contributed by atoms with Crippen LogP contribution >= 0.6 is 11.3 Å². The molecule has 0 aliphatic carbocycles. The molecule has 1 heterocycles. The predicted octanol–water partition coefficient (Wildman–Crippen LogP) is 8.23. The quantitative estimate of drug-likeness (QED) is 0.169. The number of nitriles is 1. The second-order valence-electron chi connectivity index (χ2n) is 8.99. The van der Waals surface area contributed by atoms with E-state index in [0.717, 1.165) is 20.9 Å². The Morgan fingerprint density at radius 2 is 1.39 bits per heavy atom. The number of carboxylic acid groups (broad SMARTS) is 1. The lowest BCUT2D eigenvalue weighted by molar-refractivity contribution is -0.132. The van der Waals surface area contributed by atoms with E-state index in [1.165, 1.54) is 56.4 Å². The minimum Gasteiger partial charge on any atom is -0.477 e. The number of aliphatic carboxylic acids is 1. The Bertz CT molecular complexity index is 1490. The molecule has 0 saturated carbocycles. The molecule has 0 atom stereocenters. The van der Waals surface area contributed by atoms with E-state index in [0.29, 0.717) is 0 Å². The normalized spacial score (nSPS) is 11.1. The molecule has 4 aromatic rings. The Morgan fingerprint density at radius 1 is 0.806 bits per heavy atom. The van der Waals surface area contributed by atoms with Crippen LogP contribution in [0.2, 0.25) is 0 Å². The third kappa shape index (κ3) is 5.54. The van der Waals surface area contributed by atoms with Crippen LogP contribution in [0.3, 0.4) is 0 Å². The Balaban J connectivity index is 1.72. The van der Waals surface area contributed by atoms with Crippen molar-refractivity contribution in [2.75, 3.05) is 0 Å². The Labute approximate surface area is 216 Å². The molecular weight excluding hydrogens is 462 g/mol. The second kappa shape index (κ2) is 10.6. The number of hydrogen-bond donors (Lipinski definition) is 1. The van der Waals surface area contributed by atoms with Crippen LogP contribution in [0.15, 0.2) is 78.4 Å². The summed E-state index contributed by atoms with van der Waals surface area (Å²) >= 11 is 1.46. The maximum Gasteiger partial charge on any atom is 0.346 e. The van der Waals surface area contributed by atoms with Crippen molar-refractivity contribution in [3.8, 4) is 16.5 Å². The molecule has 36 heavy (non-hydrogen) atoms. The highest BCUT2D eigenvalue weighted by atomic mass is 32.1. The summed E-state index contributed by atoms with van der Waals surface area (Å²) in [7, 11) is 0. The summed E-state index contributed by atoms with van der Waals surface area (Å²) in [4.78, 5) is 12.9. The molecule has 0 fully saturated rings. The van der Waals surface area contributed by atoms with Crippen LogP contribution in [0.1, 0.15) is 43.8 Å². The van der Waals surface area contributed by atoms with Crippen LogP contribution in [0, 0.1) is 39.0 Å². The molecule has 0 aliphatic rings. The van der Waals surface area contributed by atoms with Crippen LogP contribution in [0.4, 0.5) is 0 Å². The number of hydrogen-bond acceptors (Lipinski definition) is 3. The van der Waals surface area contributed by atoms with Gasteiger partial charge in [0.25, 0.3) is 0 Å². The number of thiophene rings is 1. The zero-order valence-electron chi connectivity index (χ0n) is 20.8. The van der Waals surface area contributed by atoms with Crippen molar-refractivity contribution in [2.24, 2.45) is 0 Å². The number of nitrogens with zero attached hydrogens (tertiary/aromatic N) is 1.